The van der Waals surface area contributed by atoms with Crippen molar-refractivity contribution >= 4 is 35.1 Å². The lowest BCUT2D eigenvalue weighted by molar-refractivity contribution is -0.143. The molecule has 4 aromatic rings. The van der Waals surface area contributed by atoms with Crippen LogP contribution in [0.4, 0.5) is 0 Å². The molecule has 12 nitrogen and oxygen atoms in total. The number of carbonyl (C=O) groups is 2. The molecule has 0 radical (unpaired) electrons. The summed E-state index contributed by atoms with van der Waals surface area (Å²) in [4.78, 5) is 32.5. The van der Waals surface area contributed by atoms with E-state index in [0.29, 0.717) is 32.9 Å². The number of benzene rings is 2. The summed E-state index contributed by atoms with van der Waals surface area (Å²) in [7, 11) is 5.69. The van der Waals surface area contributed by atoms with Crippen molar-refractivity contribution in [3.8, 4) is 34.6 Å². The SMILES string of the molecule is COC(=O)C(C)NCc1cc(Cl)c(OCc2cccc(-c3cccc(COc4nc(OC)c(CNC(C)C(=O)OC)cc4Cl)c3C)c2C)nc1OC. The van der Waals surface area contributed by atoms with Gasteiger partial charge in [0.05, 0.1) is 28.4 Å². The molecule has 0 fully saturated rings. The number of carbonyl (C=O) groups excluding carboxylic acids is 2. The summed E-state index contributed by atoms with van der Waals surface area (Å²) in [5.41, 5.74) is 7.37. The maximum atomic E-state index is 11.8. The molecule has 2 aromatic heterocycles. The first-order chi connectivity index (χ1) is 24.9. The van der Waals surface area contributed by atoms with Crippen LogP contribution in [0.3, 0.4) is 0 Å². The first kappa shape index (κ1) is 40.2. The van der Waals surface area contributed by atoms with E-state index >= 15 is 0 Å². The minimum Gasteiger partial charge on any atom is -0.481 e. The van der Waals surface area contributed by atoms with E-state index in [4.69, 9.17) is 51.6 Å². The number of esters is 2. The van der Waals surface area contributed by atoms with Gasteiger partial charge in [-0.2, -0.15) is 9.97 Å². The normalized spacial score (nSPS) is 12.1. The minimum absolute atomic E-state index is 0.216. The van der Waals surface area contributed by atoms with E-state index in [2.05, 4.69) is 32.7 Å². The summed E-state index contributed by atoms with van der Waals surface area (Å²) in [6.45, 7) is 8.51. The quantitative estimate of drug-likeness (QED) is 0.113. The van der Waals surface area contributed by atoms with E-state index in [9.17, 15) is 9.59 Å². The molecule has 2 heterocycles. The second-order valence-electron chi connectivity index (χ2n) is 11.9. The number of pyridine rings is 2. The molecule has 2 atom stereocenters. The summed E-state index contributed by atoms with van der Waals surface area (Å²) < 4.78 is 32.7. The van der Waals surface area contributed by atoms with Gasteiger partial charge in [-0.15, -0.1) is 0 Å². The zero-order chi connectivity index (χ0) is 37.9. The van der Waals surface area contributed by atoms with Gasteiger partial charge in [0, 0.05) is 24.2 Å². The topological polar surface area (TPSA) is 139 Å². The number of hydrogen-bond acceptors (Lipinski definition) is 12. The minimum atomic E-state index is -0.521. The highest BCUT2D eigenvalue weighted by molar-refractivity contribution is 6.32. The lowest BCUT2D eigenvalue weighted by Crippen LogP contribution is -2.34. The van der Waals surface area contributed by atoms with Gasteiger partial charge in [-0.3, -0.25) is 9.59 Å². The Morgan fingerprint density at radius 1 is 0.635 bits per heavy atom. The summed E-state index contributed by atoms with van der Waals surface area (Å²) in [5, 5.41) is 6.77. The van der Waals surface area contributed by atoms with Gasteiger partial charge in [-0.05, 0) is 73.2 Å². The molecule has 2 aromatic carbocycles. The number of ether oxygens (including phenoxy) is 6. The highest BCUT2D eigenvalue weighted by Crippen LogP contribution is 2.34. The first-order valence-corrected chi connectivity index (χ1v) is 17.2. The van der Waals surface area contributed by atoms with Crippen LogP contribution in [0.1, 0.15) is 47.2 Å². The molecule has 0 saturated carbocycles. The van der Waals surface area contributed by atoms with Crippen molar-refractivity contribution in [1.29, 1.82) is 0 Å². The van der Waals surface area contributed by atoms with E-state index in [0.717, 1.165) is 33.4 Å². The molecule has 278 valence electrons. The molecule has 0 aliphatic carbocycles. The van der Waals surface area contributed by atoms with Crippen LogP contribution in [0, 0.1) is 13.8 Å². The van der Waals surface area contributed by atoms with Crippen LogP contribution in [0.25, 0.3) is 11.1 Å². The molecular weight excluding hydrogens is 711 g/mol. The van der Waals surface area contributed by atoms with E-state index in [1.54, 1.807) is 26.0 Å². The van der Waals surface area contributed by atoms with Crippen molar-refractivity contribution < 1.29 is 38.0 Å². The number of nitrogens with one attached hydrogen (secondary N) is 2. The average molecular weight is 756 g/mol. The summed E-state index contributed by atoms with van der Waals surface area (Å²) in [5.74, 6) is 0.360. The Morgan fingerprint density at radius 2 is 1.02 bits per heavy atom. The third-order valence-corrected chi connectivity index (χ3v) is 9.11. The standard InChI is InChI=1S/C38H44Cl2N4O8/c1-21-25(19-51-35-31(39)15-27(33(43-35)47-5)17-41-23(3)37(45)49-7)11-9-13-29(21)30-14-10-12-26(22(30)2)20-52-36-32(40)16-28(34(44-36)48-6)18-42-24(4)38(46)50-8/h9-16,23-24,41-42H,17-20H2,1-8H3. The Labute approximate surface area is 314 Å². The molecule has 0 saturated heterocycles. The van der Waals surface area contributed by atoms with E-state index in [1.165, 1.54) is 28.4 Å². The Bertz CT molecular complexity index is 1760. The van der Waals surface area contributed by atoms with Gasteiger partial charge in [-0.1, -0.05) is 59.6 Å². The Hall–Kier alpha value is -4.62. The zero-order valence-corrected chi connectivity index (χ0v) is 32.0. The zero-order valence-electron chi connectivity index (χ0n) is 30.5. The number of rotatable bonds is 17. The summed E-state index contributed by atoms with van der Waals surface area (Å²) in [6, 6.07) is 14.5. The number of aromatic nitrogens is 2. The second kappa shape index (κ2) is 18.7. The molecule has 0 aliphatic heterocycles. The van der Waals surface area contributed by atoms with Gasteiger partial charge < -0.3 is 39.1 Å². The van der Waals surface area contributed by atoms with Crippen LogP contribution in [0.5, 0.6) is 23.5 Å². The van der Waals surface area contributed by atoms with Crippen molar-refractivity contribution in [2.75, 3.05) is 28.4 Å². The van der Waals surface area contributed by atoms with Gasteiger partial charge in [0.1, 0.15) is 35.3 Å². The lowest BCUT2D eigenvalue weighted by Gasteiger charge is -2.18. The monoisotopic (exact) mass is 754 g/mol. The molecule has 0 spiro atoms. The van der Waals surface area contributed by atoms with Gasteiger partial charge in [0.15, 0.2) is 0 Å². The Morgan fingerprint density at radius 3 is 1.37 bits per heavy atom. The third-order valence-electron chi connectivity index (χ3n) is 8.57. The fourth-order valence-electron chi connectivity index (χ4n) is 5.40. The molecule has 4 rings (SSSR count). The van der Waals surface area contributed by atoms with Crippen molar-refractivity contribution in [2.45, 2.75) is 66.1 Å². The van der Waals surface area contributed by atoms with Crippen LogP contribution in [-0.4, -0.2) is 62.4 Å². The number of halogens is 2. The predicted octanol–water partition coefficient (Wildman–Crippen LogP) is 6.54. The second-order valence-corrected chi connectivity index (χ2v) is 12.7. The lowest BCUT2D eigenvalue weighted by atomic mass is 9.92. The molecule has 52 heavy (non-hydrogen) atoms. The van der Waals surface area contributed by atoms with Crippen LogP contribution < -0.4 is 29.6 Å². The van der Waals surface area contributed by atoms with Crippen LogP contribution in [0.2, 0.25) is 10.0 Å². The maximum absolute atomic E-state index is 11.8. The van der Waals surface area contributed by atoms with E-state index < -0.39 is 12.1 Å². The Kier molecular flexibility index (Phi) is 14.5. The molecule has 0 bridgehead atoms. The van der Waals surface area contributed by atoms with Gasteiger partial charge in [0.2, 0.25) is 23.5 Å². The van der Waals surface area contributed by atoms with Crippen LogP contribution in [-0.2, 0) is 45.4 Å². The highest BCUT2D eigenvalue weighted by atomic mass is 35.5. The predicted molar refractivity (Wildman–Crippen MR) is 198 cm³/mol. The van der Waals surface area contributed by atoms with Crippen molar-refractivity contribution in [3.05, 3.63) is 92.0 Å². The molecule has 0 amide bonds. The Balaban J connectivity index is 1.48. The van der Waals surface area contributed by atoms with Crippen LogP contribution >= 0.6 is 23.2 Å². The fourth-order valence-corrected chi connectivity index (χ4v) is 5.86. The number of hydrogen-bond donors (Lipinski definition) is 2. The molecule has 0 aliphatic rings. The molecule has 14 heteroatoms. The molecular formula is C38H44Cl2N4O8. The van der Waals surface area contributed by atoms with Gasteiger partial charge in [0.25, 0.3) is 0 Å². The smallest absolute Gasteiger partial charge is 0.322 e. The largest absolute Gasteiger partial charge is 0.481 e. The van der Waals surface area contributed by atoms with Crippen molar-refractivity contribution in [2.24, 2.45) is 0 Å². The first-order valence-electron chi connectivity index (χ1n) is 16.4. The van der Waals surface area contributed by atoms with Crippen molar-refractivity contribution in [3.63, 3.8) is 0 Å². The highest BCUT2D eigenvalue weighted by Gasteiger charge is 2.19. The third kappa shape index (κ3) is 9.82. The summed E-state index contributed by atoms with van der Waals surface area (Å²) in [6.07, 6.45) is 0. The van der Waals surface area contributed by atoms with E-state index in [1.807, 2.05) is 38.1 Å². The number of methoxy groups -OCH3 is 4. The average Bonchev–Trinajstić information content (AvgIpc) is 3.15. The van der Waals surface area contributed by atoms with Gasteiger partial charge >= 0.3 is 11.9 Å². The fraction of sp³-hybridized carbons (Fsp3) is 0.368. The molecule has 2 N–H and O–H groups in total. The van der Waals surface area contributed by atoms with Gasteiger partial charge in [-0.25, -0.2) is 0 Å². The van der Waals surface area contributed by atoms with Crippen molar-refractivity contribution in [1.82, 2.24) is 20.6 Å². The summed E-state index contributed by atoms with van der Waals surface area (Å²) >= 11 is 13.1. The molecule has 2 unspecified atom stereocenters. The van der Waals surface area contributed by atoms with E-state index in [-0.39, 0.29) is 50.0 Å². The van der Waals surface area contributed by atoms with Crippen LogP contribution in [0.15, 0.2) is 48.5 Å². The number of nitrogens with zero attached hydrogens (tertiary/aromatic N) is 2. The maximum Gasteiger partial charge on any atom is 0.322 e.